The van der Waals surface area contributed by atoms with E-state index in [0.717, 1.165) is 16.9 Å². The number of ether oxygens (including phenoxy) is 1. The van der Waals surface area contributed by atoms with Crippen LogP contribution in [-0.2, 0) is 6.42 Å². The van der Waals surface area contributed by atoms with Gasteiger partial charge in [-0.15, -0.1) is 0 Å². The molecule has 0 saturated carbocycles. The molecule has 2 rings (SSSR count). The topological polar surface area (TPSA) is 35.2 Å². The van der Waals surface area contributed by atoms with Crippen LogP contribution in [0, 0.1) is 0 Å². The van der Waals surface area contributed by atoms with Gasteiger partial charge in [0.15, 0.2) is 0 Å². The molecule has 0 aromatic heterocycles. The molecule has 2 N–H and O–H groups in total. The van der Waals surface area contributed by atoms with Gasteiger partial charge in [-0.25, -0.2) is 0 Å². The lowest BCUT2D eigenvalue weighted by atomic mass is 9.99. The van der Waals surface area contributed by atoms with Gasteiger partial charge in [0.25, 0.3) is 0 Å². The molecule has 0 spiro atoms. The van der Waals surface area contributed by atoms with Gasteiger partial charge in [0.05, 0.1) is 6.61 Å². The SMILES string of the molecule is CCOc1cccc(C(N)Cc2cc(Cl)ccc2Cl)c1. The summed E-state index contributed by atoms with van der Waals surface area (Å²) in [6.07, 6.45) is 0.634. The Labute approximate surface area is 129 Å². The fourth-order valence-electron chi connectivity index (χ4n) is 2.06. The maximum atomic E-state index is 6.25. The van der Waals surface area contributed by atoms with Gasteiger partial charge in [-0.3, -0.25) is 0 Å². The first-order valence-corrected chi connectivity index (χ1v) is 7.28. The molecule has 0 fully saturated rings. The van der Waals surface area contributed by atoms with Crippen molar-refractivity contribution in [3.63, 3.8) is 0 Å². The summed E-state index contributed by atoms with van der Waals surface area (Å²) in [7, 11) is 0. The summed E-state index contributed by atoms with van der Waals surface area (Å²) in [5.74, 6) is 0.831. The molecule has 1 atom stereocenters. The second-order valence-electron chi connectivity index (χ2n) is 4.55. The zero-order valence-electron chi connectivity index (χ0n) is 11.3. The smallest absolute Gasteiger partial charge is 0.119 e. The third-order valence-electron chi connectivity index (χ3n) is 3.04. The van der Waals surface area contributed by atoms with E-state index in [4.69, 9.17) is 33.7 Å². The molecule has 2 nitrogen and oxygen atoms in total. The highest BCUT2D eigenvalue weighted by molar-refractivity contribution is 6.33. The lowest BCUT2D eigenvalue weighted by molar-refractivity contribution is 0.339. The number of hydrogen-bond acceptors (Lipinski definition) is 2. The third-order valence-corrected chi connectivity index (χ3v) is 3.65. The number of rotatable bonds is 5. The van der Waals surface area contributed by atoms with Crippen molar-refractivity contribution >= 4 is 23.2 Å². The van der Waals surface area contributed by atoms with Crippen molar-refractivity contribution in [2.75, 3.05) is 6.61 Å². The summed E-state index contributed by atoms with van der Waals surface area (Å²) in [5, 5.41) is 1.35. The van der Waals surface area contributed by atoms with Crippen LogP contribution < -0.4 is 10.5 Å². The molecule has 0 radical (unpaired) electrons. The molecule has 0 bridgehead atoms. The summed E-state index contributed by atoms with van der Waals surface area (Å²) >= 11 is 12.2. The van der Waals surface area contributed by atoms with Gasteiger partial charge < -0.3 is 10.5 Å². The van der Waals surface area contributed by atoms with Crippen LogP contribution in [-0.4, -0.2) is 6.61 Å². The fraction of sp³-hybridized carbons (Fsp3) is 0.250. The average molecular weight is 310 g/mol. The van der Waals surface area contributed by atoms with Gasteiger partial charge in [0, 0.05) is 16.1 Å². The van der Waals surface area contributed by atoms with E-state index in [1.54, 1.807) is 12.1 Å². The van der Waals surface area contributed by atoms with Crippen molar-refractivity contribution in [1.29, 1.82) is 0 Å². The highest BCUT2D eigenvalue weighted by atomic mass is 35.5. The van der Waals surface area contributed by atoms with Crippen molar-refractivity contribution in [2.45, 2.75) is 19.4 Å². The first kappa shape index (κ1) is 15.2. The van der Waals surface area contributed by atoms with E-state index in [0.29, 0.717) is 23.1 Å². The minimum atomic E-state index is -0.147. The molecule has 0 saturated heterocycles. The van der Waals surface area contributed by atoms with Gasteiger partial charge in [-0.2, -0.15) is 0 Å². The van der Waals surface area contributed by atoms with Crippen LogP contribution in [0.4, 0.5) is 0 Å². The molecule has 0 aliphatic carbocycles. The van der Waals surface area contributed by atoms with Crippen LogP contribution in [0.1, 0.15) is 24.1 Å². The standard InChI is InChI=1S/C16H17Cl2NO/c1-2-20-14-5-3-4-11(9-14)16(19)10-12-8-13(17)6-7-15(12)18/h3-9,16H,2,10,19H2,1H3. The molecular weight excluding hydrogens is 293 g/mol. The van der Waals surface area contributed by atoms with E-state index in [-0.39, 0.29) is 6.04 Å². The van der Waals surface area contributed by atoms with E-state index in [9.17, 15) is 0 Å². The first-order valence-electron chi connectivity index (χ1n) is 6.52. The number of benzene rings is 2. The van der Waals surface area contributed by atoms with Crippen LogP contribution in [0.5, 0.6) is 5.75 Å². The predicted molar refractivity (Wildman–Crippen MR) is 84.7 cm³/mol. The molecule has 4 heteroatoms. The summed E-state index contributed by atoms with van der Waals surface area (Å²) in [5.41, 5.74) is 8.23. The number of halogens is 2. The van der Waals surface area contributed by atoms with Crippen molar-refractivity contribution < 1.29 is 4.74 Å². The Balaban J connectivity index is 2.17. The normalized spacial score (nSPS) is 12.2. The number of hydrogen-bond donors (Lipinski definition) is 1. The molecule has 0 heterocycles. The van der Waals surface area contributed by atoms with Crippen molar-refractivity contribution in [3.05, 3.63) is 63.6 Å². The van der Waals surface area contributed by atoms with Crippen molar-refractivity contribution in [1.82, 2.24) is 0 Å². The number of nitrogens with two attached hydrogens (primary N) is 1. The zero-order chi connectivity index (χ0) is 14.5. The van der Waals surface area contributed by atoms with Crippen LogP contribution in [0.2, 0.25) is 10.0 Å². The Morgan fingerprint density at radius 2 is 1.95 bits per heavy atom. The third kappa shape index (κ3) is 3.89. The van der Waals surface area contributed by atoms with E-state index < -0.39 is 0 Å². The molecule has 2 aromatic rings. The lowest BCUT2D eigenvalue weighted by Crippen LogP contribution is -2.13. The predicted octanol–water partition coefficient (Wildman–Crippen LogP) is 4.63. The summed E-state index contributed by atoms with van der Waals surface area (Å²) in [6.45, 7) is 2.59. The van der Waals surface area contributed by atoms with Gasteiger partial charge in [0.1, 0.15) is 5.75 Å². The van der Waals surface area contributed by atoms with E-state index in [1.165, 1.54) is 0 Å². The summed E-state index contributed by atoms with van der Waals surface area (Å²) in [4.78, 5) is 0. The van der Waals surface area contributed by atoms with Crippen molar-refractivity contribution in [3.8, 4) is 5.75 Å². The minimum Gasteiger partial charge on any atom is -0.494 e. The molecular formula is C16H17Cl2NO. The molecule has 1 unspecified atom stereocenters. The second kappa shape index (κ2) is 6.98. The molecule has 0 aliphatic rings. The molecule has 106 valence electrons. The van der Waals surface area contributed by atoms with Gasteiger partial charge >= 0.3 is 0 Å². The first-order chi connectivity index (χ1) is 9.60. The Morgan fingerprint density at radius 3 is 2.70 bits per heavy atom. The van der Waals surface area contributed by atoms with Crippen LogP contribution in [0.3, 0.4) is 0 Å². The largest absolute Gasteiger partial charge is 0.494 e. The second-order valence-corrected chi connectivity index (χ2v) is 5.40. The quantitative estimate of drug-likeness (QED) is 0.873. The maximum Gasteiger partial charge on any atom is 0.119 e. The molecule has 2 aromatic carbocycles. The average Bonchev–Trinajstić information content (AvgIpc) is 2.43. The highest BCUT2D eigenvalue weighted by Crippen LogP contribution is 2.26. The Kier molecular flexibility index (Phi) is 5.30. The van der Waals surface area contributed by atoms with E-state index in [1.807, 2.05) is 37.3 Å². The van der Waals surface area contributed by atoms with Gasteiger partial charge in [0.2, 0.25) is 0 Å². The Bertz CT molecular complexity index is 586. The van der Waals surface area contributed by atoms with E-state index in [2.05, 4.69) is 0 Å². The summed E-state index contributed by atoms with van der Waals surface area (Å²) in [6, 6.07) is 13.1. The Morgan fingerprint density at radius 1 is 1.15 bits per heavy atom. The van der Waals surface area contributed by atoms with Crippen LogP contribution >= 0.6 is 23.2 Å². The molecule has 0 amide bonds. The lowest BCUT2D eigenvalue weighted by Gasteiger charge is -2.14. The highest BCUT2D eigenvalue weighted by Gasteiger charge is 2.11. The van der Waals surface area contributed by atoms with Crippen LogP contribution in [0.15, 0.2) is 42.5 Å². The Hall–Kier alpha value is -1.22. The zero-order valence-corrected chi connectivity index (χ0v) is 12.8. The monoisotopic (exact) mass is 309 g/mol. The van der Waals surface area contributed by atoms with Crippen LogP contribution in [0.25, 0.3) is 0 Å². The summed E-state index contributed by atoms with van der Waals surface area (Å²) < 4.78 is 5.49. The fourth-order valence-corrected chi connectivity index (χ4v) is 2.45. The molecule has 20 heavy (non-hydrogen) atoms. The minimum absolute atomic E-state index is 0.147. The molecule has 0 aliphatic heterocycles. The maximum absolute atomic E-state index is 6.25. The van der Waals surface area contributed by atoms with Crippen molar-refractivity contribution in [2.24, 2.45) is 5.73 Å². The van der Waals surface area contributed by atoms with E-state index >= 15 is 0 Å². The van der Waals surface area contributed by atoms with Gasteiger partial charge in [-0.1, -0.05) is 35.3 Å². The van der Waals surface area contributed by atoms with Gasteiger partial charge in [-0.05, 0) is 54.8 Å².